The van der Waals surface area contributed by atoms with Crippen molar-refractivity contribution in [3.63, 3.8) is 0 Å². The van der Waals surface area contributed by atoms with E-state index in [-0.39, 0.29) is 11.8 Å². The largest absolute Gasteiger partial charge is 0.444 e. The van der Waals surface area contributed by atoms with E-state index in [2.05, 4.69) is 0 Å². The van der Waals surface area contributed by atoms with Gasteiger partial charge in [0.2, 0.25) is 0 Å². The van der Waals surface area contributed by atoms with E-state index in [1.165, 1.54) is 0 Å². The normalized spacial score (nSPS) is 28.9. The fraction of sp³-hybridized carbons (Fsp3) is 0.909. The highest BCUT2D eigenvalue weighted by molar-refractivity contribution is 7.93. The molecule has 0 radical (unpaired) electrons. The van der Waals surface area contributed by atoms with Crippen molar-refractivity contribution < 1.29 is 13.7 Å². The van der Waals surface area contributed by atoms with E-state index >= 15 is 0 Å². The van der Waals surface area contributed by atoms with Crippen LogP contribution in [0.15, 0.2) is 0 Å². The summed E-state index contributed by atoms with van der Waals surface area (Å²) < 4.78 is 24.4. The minimum absolute atomic E-state index is 0.221. The average Bonchev–Trinajstić information content (AvgIpc) is 2.06. The smallest absolute Gasteiger partial charge is 0.410 e. The van der Waals surface area contributed by atoms with Crippen LogP contribution < -0.4 is 0 Å². The summed E-state index contributed by atoms with van der Waals surface area (Å²) in [6.07, 6.45) is -0.388. The predicted molar refractivity (Wildman–Crippen MR) is 67.6 cm³/mol. The number of rotatable bonds is 0. The van der Waals surface area contributed by atoms with Crippen LogP contribution in [0.2, 0.25) is 0 Å². The van der Waals surface area contributed by atoms with Crippen LogP contribution in [-0.2, 0) is 14.5 Å². The summed E-state index contributed by atoms with van der Waals surface area (Å²) in [7, 11) is -2.62. The Bertz CT molecular complexity index is 407. The molecule has 0 saturated carbocycles. The lowest BCUT2D eigenvalue weighted by atomic mass is 10.2. The van der Waals surface area contributed by atoms with Crippen molar-refractivity contribution in [2.24, 2.45) is 0 Å². The van der Waals surface area contributed by atoms with Crippen molar-refractivity contribution in [3.05, 3.63) is 0 Å². The summed E-state index contributed by atoms with van der Waals surface area (Å²) >= 11 is 0. The molecule has 1 unspecified atom stereocenters. The molecular weight excluding hydrogens is 240 g/mol. The van der Waals surface area contributed by atoms with Gasteiger partial charge in [-0.05, 0) is 34.6 Å². The molecule has 1 rings (SSSR count). The molecule has 100 valence electrons. The molecule has 1 aliphatic heterocycles. The monoisotopic (exact) mass is 262 g/mol. The quantitative estimate of drug-likeness (QED) is 0.726. The first-order valence-corrected chi connectivity index (χ1v) is 7.41. The highest BCUT2D eigenvalue weighted by Crippen LogP contribution is 2.25. The van der Waals surface area contributed by atoms with E-state index in [0.717, 1.165) is 0 Å². The second-order valence-electron chi connectivity index (χ2n) is 6.04. The molecule has 17 heavy (non-hydrogen) atoms. The van der Waals surface area contributed by atoms with Gasteiger partial charge >= 0.3 is 6.09 Å². The number of nitrogens with zero attached hydrogens (tertiary/aromatic N) is 1. The maximum Gasteiger partial charge on any atom is 0.410 e. The van der Waals surface area contributed by atoms with Crippen molar-refractivity contribution in [3.8, 4) is 0 Å². The van der Waals surface area contributed by atoms with Gasteiger partial charge in [-0.25, -0.2) is 9.00 Å². The summed E-state index contributed by atoms with van der Waals surface area (Å²) in [6.45, 7) is 9.61. The van der Waals surface area contributed by atoms with Gasteiger partial charge in [-0.3, -0.25) is 4.78 Å². The van der Waals surface area contributed by atoms with Crippen LogP contribution in [0.1, 0.15) is 34.6 Å². The molecule has 1 N–H and O–H groups in total. The van der Waals surface area contributed by atoms with Crippen molar-refractivity contribution in [1.29, 1.82) is 4.78 Å². The lowest BCUT2D eigenvalue weighted by molar-refractivity contribution is 0.0239. The molecule has 1 aliphatic rings. The fourth-order valence-electron chi connectivity index (χ4n) is 1.64. The van der Waals surface area contributed by atoms with Crippen LogP contribution in [0.3, 0.4) is 0 Å². The van der Waals surface area contributed by atoms with Crippen molar-refractivity contribution >= 4 is 15.8 Å². The predicted octanol–water partition coefficient (Wildman–Crippen LogP) is 2.06. The van der Waals surface area contributed by atoms with Crippen molar-refractivity contribution in [1.82, 2.24) is 4.90 Å². The second kappa shape index (κ2) is 4.15. The standard InChI is InChI=1S/C11H22N2O3S/c1-10(2,3)16-9(14)13-6-7-17(12,15)11(4,5)8-13/h12H,6-8H2,1-5H3. The van der Waals surface area contributed by atoms with Crippen molar-refractivity contribution in [2.75, 3.05) is 18.8 Å². The molecule has 0 aromatic carbocycles. The van der Waals surface area contributed by atoms with Crippen molar-refractivity contribution in [2.45, 2.75) is 45.0 Å². The van der Waals surface area contributed by atoms with Crippen LogP contribution in [0.25, 0.3) is 0 Å². The average molecular weight is 262 g/mol. The SMILES string of the molecule is CC(C)(C)OC(=O)N1CCS(=N)(=O)C(C)(C)C1. The van der Waals surface area contributed by atoms with Crippen LogP contribution in [0.4, 0.5) is 4.79 Å². The van der Waals surface area contributed by atoms with Gasteiger partial charge < -0.3 is 9.64 Å². The molecule has 1 heterocycles. The van der Waals surface area contributed by atoms with Gasteiger partial charge in [0.15, 0.2) is 0 Å². The van der Waals surface area contributed by atoms with Gasteiger partial charge in [0.05, 0.1) is 14.5 Å². The summed E-state index contributed by atoms with van der Waals surface area (Å²) in [6, 6.07) is 0. The third-order valence-electron chi connectivity index (χ3n) is 2.76. The molecule has 0 spiro atoms. The van der Waals surface area contributed by atoms with E-state index in [0.29, 0.717) is 13.1 Å². The van der Waals surface area contributed by atoms with Gasteiger partial charge in [-0.2, -0.15) is 0 Å². The van der Waals surface area contributed by atoms with Crippen LogP contribution in [0.5, 0.6) is 0 Å². The summed E-state index contributed by atoms with van der Waals surface area (Å²) in [5.41, 5.74) is -0.527. The lowest BCUT2D eigenvalue weighted by Crippen LogP contribution is -2.55. The van der Waals surface area contributed by atoms with Gasteiger partial charge in [0.25, 0.3) is 0 Å². The highest BCUT2D eigenvalue weighted by atomic mass is 32.2. The molecule has 5 nitrogen and oxygen atoms in total. The maximum atomic E-state index is 12.0. The Labute approximate surface area is 103 Å². The lowest BCUT2D eigenvalue weighted by Gasteiger charge is -2.39. The maximum absolute atomic E-state index is 12.0. The fourth-order valence-corrected chi connectivity index (χ4v) is 3.03. The Morgan fingerprint density at radius 3 is 2.35 bits per heavy atom. The first-order valence-electron chi connectivity index (χ1n) is 5.69. The molecule has 0 aliphatic carbocycles. The molecule has 1 atom stereocenters. The van der Waals surface area contributed by atoms with E-state index in [4.69, 9.17) is 9.52 Å². The molecule has 0 aromatic heterocycles. The third kappa shape index (κ3) is 3.34. The molecule has 6 heteroatoms. The highest BCUT2D eigenvalue weighted by Gasteiger charge is 2.40. The van der Waals surface area contributed by atoms with E-state index < -0.39 is 20.1 Å². The van der Waals surface area contributed by atoms with E-state index in [1.807, 2.05) is 20.8 Å². The zero-order valence-corrected chi connectivity index (χ0v) is 12.0. The summed E-state index contributed by atoms with van der Waals surface area (Å²) in [5, 5.41) is 0. The molecule has 1 amide bonds. The molecule has 0 aromatic rings. The minimum atomic E-state index is -2.62. The Balaban J connectivity index is 2.76. The Kier molecular flexibility index (Phi) is 3.49. The Morgan fingerprint density at radius 1 is 1.41 bits per heavy atom. The number of carbonyl (C=O) groups is 1. The number of amides is 1. The summed E-state index contributed by atoms with van der Waals surface area (Å²) in [4.78, 5) is 13.4. The van der Waals surface area contributed by atoms with Crippen LogP contribution in [-0.4, -0.2) is 44.4 Å². The number of nitrogens with one attached hydrogen (secondary N) is 1. The number of hydrogen-bond donors (Lipinski definition) is 1. The van der Waals surface area contributed by atoms with Gasteiger partial charge in [0, 0.05) is 18.8 Å². The first-order chi connectivity index (χ1) is 7.45. The molecule has 0 bridgehead atoms. The summed E-state index contributed by atoms with van der Waals surface area (Å²) in [5.74, 6) is 0.221. The van der Waals surface area contributed by atoms with E-state index in [1.54, 1.807) is 18.7 Å². The topological polar surface area (TPSA) is 70.5 Å². The second-order valence-corrected chi connectivity index (χ2v) is 8.90. The van der Waals surface area contributed by atoms with Gasteiger partial charge in [-0.1, -0.05) is 0 Å². The van der Waals surface area contributed by atoms with Crippen LogP contribution in [0, 0.1) is 4.78 Å². The van der Waals surface area contributed by atoms with Gasteiger partial charge in [-0.15, -0.1) is 0 Å². The van der Waals surface area contributed by atoms with Crippen LogP contribution >= 0.6 is 0 Å². The molecule has 1 saturated heterocycles. The third-order valence-corrected chi connectivity index (χ3v) is 5.44. The molecule has 1 fully saturated rings. The van der Waals surface area contributed by atoms with Gasteiger partial charge in [0.1, 0.15) is 5.60 Å². The number of ether oxygens (including phenoxy) is 1. The minimum Gasteiger partial charge on any atom is -0.444 e. The first kappa shape index (κ1) is 14.3. The Morgan fingerprint density at radius 2 is 1.94 bits per heavy atom. The number of carbonyl (C=O) groups excluding carboxylic acids is 1. The Hall–Kier alpha value is -0.780. The zero-order valence-electron chi connectivity index (χ0n) is 11.2. The van der Waals surface area contributed by atoms with E-state index in [9.17, 15) is 9.00 Å². The zero-order chi connectivity index (χ0) is 13.5. The molecular formula is C11H22N2O3S. The number of hydrogen-bond acceptors (Lipinski definition) is 4.